The Morgan fingerprint density at radius 3 is 2.59 bits per heavy atom. The first-order valence-corrected chi connectivity index (χ1v) is 12.6. The minimum atomic E-state index is -3.79. The normalized spacial score (nSPS) is 21.7. The molecule has 0 saturated carbocycles. The van der Waals surface area contributed by atoms with E-state index in [9.17, 15) is 13.5 Å². The van der Waals surface area contributed by atoms with E-state index in [-0.39, 0.29) is 23.5 Å². The molecule has 2 aliphatic heterocycles. The molecule has 8 heteroatoms. The number of nitrogens with one attached hydrogen (secondary N) is 1. The van der Waals surface area contributed by atoms with Crippen molar-refractivity contribution >= 4 is 15.7 Å². The second kappa shape index (κ2) is 8.76. The van der Waals surface area contributed by atoms with Crippen LogP contribution in [0.4, 0.5) is 5.69 Å². The van der Waals surface area contributed by atoms with Gasteiger partial charge in [0.1, 0.15) is 5.75 Å². The molecular weight excluding hydrogens is 450 g/mol. The number of anilines is 1. The standard InChI is InChI=1S/C26H25N3O4S/c1-33-20-3-2-4-21(14-20)34(31,32)29-12-11-22-25(16-30)28-24-10-9-19(13-23(24)26(22)29)18-7-5-17(15-27)6-8-18/h2-10,13-14,22,25-26,28,30H,11-12,16H2,1H3/t22-,25-,26-/m1/s1. The van der Waals surface area contributed by atoms with Gasteiger partial charge in [-0.1, -0.05) is 24.3 Å². The topological polar surface area (TPSA) is 103 Å². The van der Waals surface area contributed by atoms with Crippen LogP contribution < -0.4 is 10.1 Å². The molecule has 0 aliphatic carbocycles. The Morgan fingerprint density at radius 2 is 1.88 bits per heavy atom. The maximum absolute atomic E-state index is 13.7. The van der Waals surface area contributed by atoms with E-state index in [0.29, 0.717) is 24.3 Å². The molecule has 0 bridgehead atoms. The number of rotatable bonds is 5. The lowest BCUT2D eigenvalue weighted by Gasteiger charge is -2.39. The molecule has 1 fully saturated rings. The van der Waals surface area contributed by atoms with Crippen LogP contribution in [0.2, 0.25) is 0 Å². The van der Waals surface area contributed by atoms with Gasteiger partial charge in [0.05, 0.1) is 42.3 Å². The van der Waals surface area contributed by atoms with Gasteiger partial charge in [-0.15, -0.1) is 0 Å². The molecule has 3 aromatic rings. The highest BCUT2D eigenvalue weighted by Gasteiger charge is 2.48. The van der Waals surface area contributed by atoms with E-state index in [2.05, 4.69) is 11.4 Å². The molecule has 174 valence electrons. The fraction of sp³-hybridized carbons (Fsp3) is 0.269. The molecule has 0 amide bonds. The van der Waals surface area contributed by atoms with Crippen LogP contribution in [-0.2, 0) is 10.0 Å². The van der Waals surface area contributed by atoms with E-state index in [1.54, 1.807) is 40.7 Å². The van der Waals surface area contributed by atoms with Crippen LogP contribution in [0.5, 0.6) is 5.75 Å². The van der Waals surface area contributed by atoms with Gasteiger partial charge in [0, 0.05) is 24.2 Å². The number of methoxy groups -OCH3 is 1. The third kappa shape index (κ3) is 3.72. The summed E-state index contributed by atoms with van der Waals surface area (Å²) in [5.74, 6) is 0.424. The van der Waals surface area contributed by atoms with Gasteiger partial charge in [-0.3, -0.25) is 0 Å². The largest absolute Gasteiger partial charge is 0.497 e. The fourth-order valence-electron chi connectivity index (χ4n) is 5.10. The summed E-state index contributed by atoms with van der Waals surface area (Å²) in [6.07, 6.45) is 0.645. The summed E-state index contributed by atoms with van der Waals surface area (Å²) in [4.78, 5) is 0.191. The summed E-state index contributed by atoms with van der Waals surface area (Å²) in [7, 11) is -2.28. The Balaban J connectivity index is 1.59. The Morgan fingerprint density at radius 1 is 1.12 bits per heavy atom. The molecule has 7 nitrogen and oxygen atoms in total. The van der Waals surface area contributed by atoms with Crippen LogP contribution in [0.15, 0.2) is 71.6 Å². The number of nitrogens with zero attached hydrogens (tertiary/aromatic N) is 2. The summed E-state index contributed by atoms with van der Waals surface area (Å²) < 4.78 is 34.3. The zero-order valence-electron chi connectivity index (χ0n) is 18.7. The predicted molar refractivity (Wildman–Crippen MR) is 129 cm³/mol. The van der Waals surface area contributed by atoms with E-state index in [0.717, 1.165) is 22.4 Å². The van der Waals surface area contributed by atoms with Crippen molar-refractivity contribution in [3.63, 3.8) is 0 Å². The number of ether oxygens (including phenoxy) is 1. The minimum Gasteiger partial charge on any atom is -0.497 e. The van der Waals surface area contributed by atoms with Crippen molar-refractivity contribution in [2.45, 2.75) is 23.4 Å². The first kappa shape index (κ1) is 22.4. The van der Waals surface area contributed by atoms with Gasteiger partial charge in [-0.25, -0.2) is 8.42 Å². The van der Waals surface area contributed by atoms with Crippen molar-refractivity contribution in [2.24, 2.45) is 5.92 Å². The third-order valence-electron chi connectivity index (χ3n) is 6.82. The van der Waals surface area contributed by atoms with Crippen molar-refractivity contribution in [3.8, 4) is 22.9 Å². The van der Waals surface area contributed by atoms with E-state index in [1.165, 1.54) is 7.11 Å². The van der Waals surface area contributed by atoms with Gasteiger partial charge in [-0.2, -0.15) is 9.57 Å². The molecule has 1 saturated heterocycles. The molecule has 0 radical (unpaired) electrons. The second-order valence-electron chi connectivity index (χ2n) is 8.62. The van der Waals surface area contributed by atoms with Crippen LogP contribution in [0.1, 0.15) is 23.6 Å². The summed E-state index contributed by atoms with van der Waals surface area (Å²) in [5.41, 5.74) is 4.19. The number of sulfonamides is 1. The van der Waals surface area contributed by atoms with Crippen molar-refractivity contribution in [1.29, 1.82) is 5.26 Å². The second-order valence-corrected chi connectivity index (χ2v) is 10.5. The predicted octanol–water partition coefficient (Wildman–Crippen LogP) is 3.77. The molecule has 0 spiro atoms. The van der Waals surface area contributed by atoms with Crippen LogP contribution >= 0.6 is 0 Å². The number of aliphatic hydroxyl groups excluding tert-OH is 1. The first-order valence-electron chi connectivity index (χ1n) is 11.1. The molecule has 0 aromatic heterocycles. The van der Waals surface area contributed by atoms with Crippen molar-refractivity contribution in [3.05, 3.63) is 77.9 Å². The minimum absolute atomic E-state index is 0.0610. The van der Waals surface area contributed by atoms with Crippen molar-refractivity contribution < 1.29 is 18.3 Å². The maximum atomic E-state index is 13.7. The zero-order chi connectivity index (χ0) is 23.9. The van der Waals surface area contributed by atoms with Gasteiger partial charge in [0.15, 0.2) is 0 Å². The highest BCUT2D eigenvalue weighted by atomic mass is 32.2. The highest BCUT2D eigenvalue weighted by molar-refractivity contribution is 7.89. The molecule has 2 heterocycles. The van der Waals surface area contributed by atoms with Gasteiger partial charge in [0.25, 0.3) is 0 Å². The summed E-state index contributed by atoms with van der Waals surface area (Å²) in [6.45, 7) is 0.290. The number of aliphatic hydroxyl groups is 1. The summed E-state index contributed by atoms with van der Waals surface area (Å²) in [6, 6.07) is 21.3. The van der Waals surface area contributed by atoms with Crippen molar-refractivity contribution in [2.75, 3.05) is 25.6 Å². The number of hydrogen-bond acceptors (Lipinski definition) is 6. The molecule has 3 atom stereocenters. The number of hydrogen-bond donors (Lipinski definition) is 2. The van der Waals surface area contributed by atoms with Gasteiger partial charge < -0.3 is 15.2 Å². The van der Waals surface area contributed by atoms with Crippen molar-refractivity contribution in [1.82, 2.24) is 4.31 Å². The third-order valence-corrected chi connectivity index (χ3v) is 8.70. The Bertz CT molecular complexity index is 1370. The molecule has 5 rings (SSSR count). The lowest BCUT2D eigenvalue weighted by atomic mass is 9.82. The molecular formula is C26H25N3O4S. The quantitative estimate of drug-likeness (QED) is 0.582. The number of fused-ring (bicyclic) bond motifs is 3. The summed E-state index contributed by atoms with van der Waals surface area (Å²) >= 11 is 0. The smallest absolute Gasteiger partial charge is 0.243 e. The van der Waals surface area contributed by atoms with E-state index in [4.69, 9.17) is 10.00 Å². The van der Waals surface area contributed by atoms with E-state index >= 15 is 0 Å². The van der Waals surface area contributed by atoms with E-state index < -0.39 is 16.1 Å². The molecule has 0 unspecified atom stereocenters. The number of nitriles is 1. The molecule has 34 heavy (non-hydrogen) atoms. The van der Waals surface area contributed by atoms with Crippen LogP contribution in [0, 0.1) is 17.2 Å². The molecule has 3 aromatic carbocycles. The molecule has 2 aliphatic rings. The van der Waals surface area contributed by atoms with Crippen LogP contribution in [-0.4, -0.2) is 44.1 Å². The maximum Gasteiger partial charge on any atom is 0.243 e. The van der Waals surface area contributed by atoms with Crippen LogP contribution in [0.25, 0.3) is 11.1 Å². The number of benzene rings is 3. The average Bonchev–Trinajstić information content (AvgIpc) is 3.34. The fourth-order valence-corrected chi connectivity index (χ4v) is 6.81. The molecule has 2 N–H and O–H groups in total. The van der Waals surface area contributed by atoms with E-state index in [1.807, 2.05) is 30.3 Å². The van der Waals surface area contributed by atoms with Gasteiger partial charge in [-0.05, 0) is 59.5 Å². The van der Waals surface area contributed by atoms with Gasteiger partial charge in [0.2, 0.25) is 10.0 Å². The average molecular weight is 476 g/mol. The first-order chi connectivity index (χ1) is 16.5. The Labute approximate surface area is 199 Å². The lowest BCUT2D eigenvalue weighted by molar-refractivity contribution is 0.210. The van der Waals surface area contributed by atoms with Crippen LogP contribution in [0.3, 0.4) is 0 Å². The van der Waals surface area contributed by atoms with Gasteiger partial charge >= 0.3 is 0 Å². The summed E-state index contributed by atoms with van der Waals surface area (Å²) in [5, 5.41) is 22.5. The zero-order valence-corrected chi connectivity index (χ0v) is 19.5. The highest BCUT2D eigenvalue weighted by Crippen LogP contribution is 2.49. The lowest BCUT2D eigenvalue weighted by Crippen LogP contribution is -2.42. The Kier molecular flexibility index (Phi) is 5.78. The monoisotopic (exact) mass is 475 g/mol. The Hall–Kier alpha value is -3.38. The SMILES string of the molecule is COc1cccc(S(=O)(=O)N2CC[C@@H]3[C@@H](CO)Nc4ccc(-c5ccc(C#N)cc5)cc4[C@@H]32)c1.